The summed E-state index contributed by atoms with van der Waals surface area (Å²) in [6, 6.07) is 0. The van der Waals surface area contributed by atoms with Gasteiger partial charge in [-0.2, -0.15) is 0 Å². The smallest absolute Gasteiger partial charge is 0.316 e. The molecule has 0 amide bonds. The summed E-state index contributed by atoms with van der Waals surface area (Å²) < 4.78 is 4.91. The molecule has 0 aromatic rings. The van der Waals surface area contributed by atoms with Crippen LogP contribution in [0.25, 0.3) is 0 Å². The molecule has 0 heterocycles. The van der Waals surface area contributed by atoms with E-state index >= 15 is 0 Å². The molecular formula is C16H26O3. The van der Waals surface area contributed by atoms with E-state index in [1.807, 2.05) is 13.0 Å². The molecule has 0 aromatic heterocycles. The number of rotatable bonds is 8. The molecule has 1 atom stereocenters. The first-order valence-electron chi connectivity index (χ1n) is 6.84. The molecule has 108 valence electrons. The highest BCUT2D eigenvalue weighted by molar-refractivity contribution is 5.97. The molecule has 1 unspecified atom stereocenters. The van der Waals surface area contributed by atoms with E-state index in [0.717, 1.165) is 12.8 Å². The minimum Gasteiger partial charge on any atom is -0.465 e. The molecule has 0 rings (SSSR count). The number of carbonyl (C=O) groups is 2. The van der Waals surface area contributed by atoms with E-state index in [4.69, 9.17) is 4.74 Å². The molecule has 0 spiro atoms. The summed E-state index contributed by atoms with van der Waals surface area (Å²) in [5, 5.41) is 0. The zero-order valence-corrected chi connectivity index (χ0v) is 12.8. The molecule has 0 N–H and O–H groups in total. The third-order valence-electron chi connectivity index (χ3n) is 2.86. The molecule has 0 bridgehead atoms. The number of hydrogen-bond acceptors (Lipinski definition) is 3. The molecule has 3 nitrogen and oxygen atoms in total. The van der Waals surface area contributed by atoms with Crippen LogP contribution in [0.15, 0.2) is 23.3 Å². The molecule has 0 saturated carbocycles. The largest absolute Gasteiger partial charge is 0.465 e. The third-order valence-corrected chi connectivity index (χ3v) is 2.86. The predicted octanol–water partition coefficient (Wildman–Crippen LogP) is 3.84. The fraction of sp³-hybridized carbons (Fsp3) is 0.625. The molecule has 3 heteroatoms. The lowest BCUT2D eigenvalue weighted by molar-refractivity contribution is -0.150. The summed E-state index contributed by atoms with van der Waals surface area (Å²) >= 11 is 0. The van der Waals surface area contributed by atoms with Crippen molar-refractivity contribution >= 4 is 11.8 Å². The van der Waals surface area contributed by atoms with Gasteiger partial charge in [0.25, 0.3) is 0 Å². The van der Waals surface area contributed by atoms with Crippen molar-refractivity contribution in [2.45, 2.75) is 53.9 Å². The van der Waals surface area contributed by atoms with Crippen molar-refractivity contribution in [2.24, 2.45) is 5.92 Å². The monoisotopic (exact) mass is 266 g/mol. The van der Waals surface area contributed by atoms with Gasteiger partial charge in [-0.25, -0.2) is 0 Å². The van der Waals surface area contributed by atoms with Crippen LogP contribution in [0, 0.1) is 5.92 Å². The maximum Gasteiger partial charge on any atom is 0.316 e. The Morgan fingerprint density at radius 3 is 2.21 bits per heavy atom. The second kappa shape index (κ2) is 9.54. The Balaban J connectivity index is 4.40. The van der Waals surface area contributed by atoms with Crippen molar-refractivity contribution in [3.63, 3.8) is 0 Å². The van der Waals surface area contributed by atoms with Crippen LogP contribution in [0.2, 0.25) is 0 Å². The Bertz CT molecular complexity index is 360. The normalized spacial score (nSPS) is 12.8. The fourth-order valence-electron chi connectivity index (χ4n) is 1.68. The molecule has 0 aliphatic heterocycles. The molecule has 0 aliphatic rings. The molecule has 0 fully saturated rings. The number of esters is 1. The van der Waals surface area contributed by atoms with E-state index in [1.165, 1.54) is 18.1 Å². The topological polar surface area (TPSA) is 43.4 Å². The maximum absolute atomic E-state index is 11.6. The number of Topliss-reactive ketones (excluding diaryl/α,β-unsaturated/α-hetero) is 1. The van der Waals surface area contributed by atoms with Crippen LogP contribution in [0.1, 0.15) is 53.9 Å². The summed E-state index contributed by atoms with van der Waals surface area (Å²) in [7, 11) is 0. The molecular weight excluding hydrogens is 240 g/mol. The summed E-state index contributed by atoms with van der Waals surface area (Å²) in [6.45, 7) is 9.67. The molecule has 0 radical (unpaired) electrons. The number of allylic oxidation sites excluding steroid dienone is 4. The van der Waals surface area contributed by atoms with E-state index < -0.39 is 11.9 Å². The van der Waals surface area contributed by atoms with Gasteiger partial charge < -0.3 is 4.74 Å². The van der Waals surface area contributed by atoms with Gasteiger partial charge in [-0.3, -0.25) is 9.59 Å². The lowest BCUT2D eigenvalue weighted by Crippen LogP contribution is -2.23. The quantitative estimate of drug-likeness (QED) is 0.381. The van der Waals surface area contributed by atoms with Gasteiger partial charge in [0.05, 0.1) is 6.61 Å². The van der Waals surface area contributed by atoms with E-state index in [9.17, 15) is 9.59 Å². The van der Waals surface area contributed by atoms with Crippen LogP contribution in [0.5, 0.6) is 0 Å². The predicted molar refractivity (Wildman–Crippen MR) is 77.8 cm³/mol. The zero-order valence-electron chi connectivity index (χ0n) is 12.8. The van der Waals surface area contributed by atoms with Crippen molar-refractivity contribution < 1.29 is 14.3 Å². The van der Waals surface area contributed by atoms with Crippen molar-refractivity contribution in [3.8, 4) is 0 Å². The van der Waals surface area contributed by atoms with Crippen molar-refractivity contribution in [3.05, 3.63) is 23.3 Å². The van der Waals surface area contributed by atoms with Crippen LogP contribution >= 0.6 is 0 Å². The van der Waals surface area contributed by atoms with Gasteiger partial charge in [0, 0.05) is 0 Å². The lowest BCUT2D eigenvalue weighted by atomic mass is 9.98. The fourth-order valence-corrected chi connectivity index (χ4v) is 1.68. The summed E-state index contributed by atoms with van der Waals surface area (Å²) in [4.78, 5) is 23.1. The minimum atomic E-state index is -0.654. The van der Waals surface area contributed by atoms with Crippen LogP contribution in [-0.4, -0.2) is 18.4 Å². The Kier molecular flexibility index (Phi) is 8.84. The van der Waals surface area contributed by atoms with E-state index in [1.54, 1.807) is 6.92 Å². The number of ketones is 1. The standard InChI is InChI=1S/C16H26O3/c1-6-19-16(18)15(14(5)17)11-10-13(4)9-7-8-12(2)3/h8,10,15H,6-7,9,11H2,1-5H3/b13-10+. The van der Waals surface area contributed by atoms with E-state index in [-0.39, 0.29) is 5.78 Å². The molecule has 0 aliphatic carbocycles. The maximum atomic E-state index is 11.6. The first kappa shape index (κ1) is 17.6. The van der Waals surface area contributed by atoms with Crippen LogP contribution in [-0.2, 0) is 14.3 Å². The van der Waals surface area contributed by atoms with Gasteiger partial charge in [0.1, 0.15) is 11.7 Å². The van der Waals surface area contributed by atoms with Gasteiger partial charge in [0.2, 0.25) is 0 Å². The Labute approximate surface area is 116 Å². The first-order chi connectivity index (χ1) is 8.88. The van der Waals surface area contributed by atoms with E-state index in [2.05, 4.69) is 19.9 Å². The van der Waals surface area contributed by atoms with Crippen molar-refractivity contribution in [1.29, 1.82) is 0 Å². The zero-order chi connectivity index (χ0) is 14.8. The van der Waals surface area contributed by atoms with Crippen LogP contribution < -0.4 is 0 Å². The molecule has 19 heavy (non-hydrogen) atoms. The Morgan fingerprint density at radius 1 is 1.11 bits per heavy atom. The van der Waals surface area contributed by atoms with Gasteiger partial charge in [-0.05, 0) is 53.9 Å². The highest BCUT2D eigenvalue weighted by Crippen LogP contribution is 2.13. The second-order valence-corrected chi connectivity index (χ2v) is 5.02. The van der Waals surface area contributed by atoms with Gasteiger partial charge in [-0.1, -0.05) is 23.3 Å². The van der Waals surface area contributed by atoms with Crippen molar-refractivity contribution in [2.75, 3.05) is 6.61 Å². The minimum absolute atomic E-state index is 0.133. The Morgan fingerprint density at radius 2 is 1.74 bits per heavy atom. The third kappa shape index (κ3) is 8.36. The highest BCUT2D eigenvalue weighted by Gasteiger charge is 2.23. The second-order valence-electron chi connectivity index (χ2n) is 5.02. The SMILES string of the molecule is CCOC(=O)C(C/C=C(\C)CCC=C(C)C)C(C)=O. The van der Waals surface area contributed by atoms with Gasteiger partial charge in [-0.15, -0.1) is 0 Å². The first-order valence-corrected chi connectivity index (χ1v) is 6.84. The van der Waals surface area contributed by atoms with Gasteiger partial charge in [0.15, 0.2) is 0 Å². The van der Waals surface area contributed by atoms with Gasteiger partial charge >= 0.3 is 5.97 Å². The summed E-state index contributed by atoms with van der Waals surface area (Å²) in [5.74, 6) is -1.20. The summed E-state index contributed by atoms with van der Waals surface area (Å²) in [5.41, 5.74) is 2.51. The van der Waals surface area contributed by atoms with Crippen molar-refractivity contribution in [1.82, 2.24) is 0 Å². The average Bonchev–Trinajstić information content (AvgIpc) is 2.28. The number of hydrogen-bond donors (Lipinski definition) is 0. The Hall–Kier alpha value is -1.38. The molecule has 0 aromatic carbocycles. The van der Waals surface area contributed by atoms with E-state index in [0.29, 0.717) is 13.0 Å². The molecule has 0 saturated heterocycles. The summed E-state index contributed by atoms with van der Waals surface area (Å²) in [6.07, 6.45) is 6.55. The highest BCUT2D eigenvalue weighted by atomic mass is 16.5. The average molecular weight is 266 g/mol. The number of carbonyl (C=O) groups excluding carboxylic acids is 2. The number of ether oxygens (including phenoxy) is 1. The lowest BCUT2D eigenvalue weighted by Gasteiger charge is -2.10. The van der Waals surface area contributed by atoms with Crippen LogP contribution in [0.3, 0.4) is 0 Å². The van der Waals surface area contributed by atoms with Crippen LogP contribution in [0.4, 0.5) is 0 Å².